The number of hydrogen-bond donors (Lipinski definition) is 0. The van der Waals surface area contributed by atoms with E-state index in [9.17, 15) is 14.0 Å². The van der Waals surface area contributed by atoms with Crippen LogP contribution in [0, 0.1) is 5.82 Å². The van der Waals surface area contributed by atoms with E-state index in [4.69, 9.17) is 0 Å². The maximum Gasteiger partial charge on any atom is 0.227 e. The Bertz CT molecular complexity index is 519. The second kappa shape index (κ2) is 7.20. The first-order chi connectivity index (χ1) is 10.1. The van der Waals surface area contributed by atoms with Crippen LogP contribution >= 0.6 is 0 Å². The zero-order chi connectivity index (χ0) is 15.2. The summed E-state index contributed by atoms with van der Waals surface area (Å²) in [5.41, 5.74) is 0.424. The van der Waals surface area contributed by atoms with E-state index in [2.05, 4.69) is 0 Å². The van der Waals surface area contributed by atoms with Gasteiger partial charge in [-0.05, 0) is 18.1 Å². The van der Waals surface area contributed by atoms with Gasteiger partial charge in [-0.1, -0.05) is 25.1 Å². The fourth-order valence-corrected chi connectivity index (χ4v) is 2.56. The molecule has 0 N–H and O–H groups in total. The lowest BCUT2D eigenvalue weighted by Crippen LogP contribution is -2.37. The normalized spacial score (nSPS) is 15.7. The van der Waals surface area contributed by atoms with Gasteiger partial charge in [-0.25, -0.2) is 4.39 Å². The van der Waals surface area contributed by atoms with Gasteiger partial charge in [0.2, 0.25) is 11.8 Å². The number of hydrogen-bond acceptors (Lipinski definition) is 2. The second-order valence-corrected chi connectivity index (χ2v) is 5.24. The molecule has 1 heterocycles. The van der Waals surface area contributed by atoms with Crippen LogP contribution in [0.5, 0.6) is 0 Å². The Balaban J connectivity index is 1.94. The molecule has 0 aromatic heterocycles. The van der Waals surface area contributed by atoms with Crippen LogP contribution in [0.4, 0.5) is 4.39 Å². The van der Waals surface area contributed by atoms with E-state index in [0.29, 0.717) is 38.2 Å². The van der Waals surface area contributed by atoms with Crippen LogP contribution in [0.15, 0.2) is 24.3 Å². The minimum atomic E-state index is -0.344. The van der Waals surface area contributed by atoms with Gasteiger partial charge >= 0.3 is 0 Å². The van der Waals surface area contributed by atoms with Crippen LogP contribution in [0.2, 0.25) is 0 Å². The van der Waals surface area contributed by atoms with Gasteiger partial charge in [-0.2, -0.15) is 0 Å². The van der Waals surface area contributed by atoms with Gasteiger partial charge in [-0.3, -0.25) is 9.59 Å². The highest BCUT2D eigenvalue weighted by Crippen LogP contribution is 2.11. The lowest BCUT2D eigenvalue weighted by Gasteiger charge is -2.22. The summed E-state index contributed by atoms with van der Waals surface area (Å²) < 4.78 is 13.6. The van der Waals surface area contributed by atoms with Gasteiger partial charge in [-0.15, -0.1) is 0 Å². The minimum Gasteiger partial charge on any atom is -0.341 e. The molecule has 1 aliphatic rings. The third-order valence-electron chi connectivity index (χ3n) is 3.80. The van der Waals surface area contributed by atoms with Crippen LogP contribution in [0.1, 0.15) is 25.3 Å². The number of rotatable bonds is 3. The molecule has 2 amide bonds. The van der Waals surface area contributed by atoms with Crippen molar-refractivity contribution < 1.29 is 14.0 Å². The summed E-state index contributed by atoms with van der Waals surface area (Å²) in [5.74, 6) is -0.298. The quantitative estimate of drug-likeness (QED) is 0.853. The summed E-state index contributed by atoms with van der Waals surface area (Å²) >= 11 is 0. The first-order valence-corrected chi connectivity index (χ1v) is 7.40. The Morgan fingerprint density at radius 2 is 1.67 bits per heavy atom. The summed E-state index contributed by atoms with van der Waals surface area (Å²) in [6, 6.07) is 6.35. The molecule has 0 bridgehead atoms. The van der Waals surface area contributed by atoms with Crippen molar-refractivity contribution in [1.82, 2.24) is 9.80 Å². The molecule has 21 heavy (non-hydrogen) atoms. The van der Waals surface area contributed by atoms with Crippen LogP contribution in [-0.2, 0) is 16.0 Å². The Morgan fingerprint density at radius 3 is 2.29 bits per heavy atom. The van der Waals surface area contributed by atoms with Gasteiger partial charge in [0.1, 0.15) is 5.82 Å². The molecule has 4 nitrogen and oxygen atoms in total. The lowest BCUT2D eigenvalue weighted by atomic mass is 10.1. The number of nitrogens with zero attached hydrogens (tertiary/aromatic N) is 2. The predicted octanol–water partition coefficient (Wildman–Crippen LogP) is 1.84. The van der Waals surface area contributed by atoms with E-state index in [1.54, 1.807) is 28.0 Å². The molecule has 0 unspecified atom stereocenters. The number of benzene rings is 1. The third kappa shape index (κ3) is 4.03. The summed E-state index contributed by atoms with van der Waals surface area (Å²) in [6.07, 6.45) is 1.34. The molecule has 1 saturated heterocycles. The summed E-state index contributed by atoms with van der Waals surface area (Å²) in [6.45, 7) is 4.25. The molecule has 0 saturated carbocycles. The second-order valence-electron chi connectivity index (χ2n) is 5.24. The number of halogens is 1. The number of carbonyl (C=O) groups is 2. The van der Waals surface area contributed by atoms with Crippen LogP contribution in [-0.4, -0.2) is 47.8 Å². The van der Waals surface area contributed by atoms with Gasteiger partial charge in [0.05, 0.1) is 6.42 Å². The van der Waals surface area contributed by atoms with Gasteiger partial charge in [0.15, 0.2) is 0 Å². The van der Waals surface area contributed by atoms with Crippen molar-refractivity contribution in [1.29, 1.82) is 0 Å². The summed E-state index contributed by atoms with van der Waals surface area (Å²) in [5, 5.41) is 0. The van der Waals surface area contributed by atoms with Crippen molar-refractivity contribution in [3.63, 3.8) is 0 Å². The molecule has 0 radical (unpaired) electrons. The molecule has 0 atom stereocenters. The maximum atomic E-state index is 13.6. The van der Waals surface area contributed by atoms with Crippen molar-refractivity contribution in [2.75, 3.05) is 26.2 Å². The average Bonchev–Trinajstić information content (AvgIpc) is 2.75. The molecule has 1 aromatic carbocycles. The monoisotopic (exact) mass is 292 g/mol. The van der Waals surface area contributed by atoms with E-state index in [-0.39, 0.29) is 24.1 Å². The Morgan fingerprint density at radius 1 is 1.05 bits per heavy atom. The smallest absolute Gasteiger partial charge is 0.227 e. The van der Waals surface area contributed by atoms with E-state index >= 15 is 0 Å². The Kier molecular flexibility index (Phi) is 5.31. The molecule has 1 aromatic rings. The highest BCUT2D eigenvalue weighted by Gasteiger charge is 2.21. The van der Waals surface area contributed by atoms with Crippen LogP contribution in [0.3, 0.4) is 0 Å². The molecule has 1 aliphatic heterocycles. The van der Waals surface area contributed by atoms with Gasteiger partial charge in [0, 0.05) is 32.6 Å². The summed E-state index contributed by atoms with van der Waals surface area (Å²) in [7, 11) is 0. The van der Waals surface area contributed by atoms with E-state index in [0.717, 1.165) is 6.42 Å². The molecular formula is C16H21FN2O2. The number of carbonyl (C=O) groups excluding carboxylic acids is 2. The van der Waals surface area contributed by atoms with Crippen molar-refractivity contribution in [2.45, 2.75) is 26.2 Å². The van der Waals surface area contributed by atoms with E-state index < -0.39 is 0 Å². The molecular weight excluding hydrogens is 271 g/mol. The van der Waals surface area contributed by atoms with E-state index in [1.165, 1.54) is 6.07 Å². The van der Waals surface area contributed by atoms with E-state index in [1.807, 2.05) is 6.92 Å². The zero-order valence-corrected chi connectivity index (χ0v) is 12.3. The standard InChI is InChI=1S/C16H21FN2O2/c1-2-15(20)18-8-5-9-19(11-10-18)16(21)12-13-6-3-4-7-14(13)17/h3-4,6-7H,2,5,8-12H2,1H3. The van der Waals surface area contributed by atoms with Gasteiger partial charge < -0.3 is 9.80 Å². The fraction of sp³-hybridized carbons (Fsp3) is 0.500. The molecule has 0 aliphatic carbocycles. The third-order valence-corrected chi connectivity index (χ3v) is 3.80. The highest BCUT2D eigenvalue weighted by molar-refractivity contribution is 5.79. The SMILES string of the molecule is CCC(=O)N1CCCN(C(=O)Cc2ccccc2F)CC1. The Hall–Kier alpha value is -1.91. The zero-order valence-electron chi connectivity index (χ0n) is 12.3. The topological polar surface area (TPSA) is 40.6 Å². The van der Waals surface area contributed by atoms with Crippen molar-refractivity contribution in [3.05, 3.63) is 35.6 Å². The first-order valence-electron chi connectivity index (χ1n) is 7.40. The minimum absolute atomic E-state index is 0.0778. The largest absolute Gasteiger partial charge is 0.341 e. The lowest BCUT2D eigenvalue weighted by molar-refractivity contribution is -0.133. The maximum absolute atomic E-state index is 13.6. The molecule has 5 heteroatoms. The predicted molar refractivity (Wildman–Crippen MR) is 78.2 cm³/mol. The van der Waals surface area contributed by atoms with Crippen molar-refractivity contribution in [3.8, 4) is 0 Å². The average molecular weight is 292 g/mol. The number of amides is 2. The van der Waals surface area contributed by atoms with Gasteiger partial charge in [0.25, 0.3) is 0 Å². The molecule has 2 rings (SSSR count). The molecule has 114 valence electrons. The highest BCUT2D eigenvalue weighted by atomic mass is 19.1. The van der Waals surface area contributed by atoms with Crippen molar-refractivity contribution >= 4 is 11.8 Å². The molecule has 1 fully saturated rings. The fourth-order valence-electron chi connectivity index (χ4n) is 2.56. The van der Waals surface area contributed by atoms with Crippen molar-refractivity contribution in [2.24, 2.45) is 0 Å². The van der Waals surface area contributed by atoms with Crippen LogP contribution in [0.25, 0.3) is 0 Å². The first kappa shape index (κ1) is 15.5. The van der Waals surface area contributed by atoms with Crippen LogP contribution < -0.4 is 0 Å². The Labute approximate surface area is 124 Å². The molecule has 0 spiro atoms. The summed E-state index contributed by atoms with van der Waals surface area (Å²) in [4.78, 5) is 27.5.